The number of hydrogen-bond donors (Lipinski definition) is 3. The predicted molar refractivity (Wildman–Crippen MR) is 51.0 cm³/mol. The van der Waals surface area contributed by atoms with Gasteiger partial charge in [-0.05, 0) is 24.5 Å². The Hall–Kier alpha value is -2.11. The van der Waals surface area contributed by atoms with Crippen LogP contribution in [0, 0.1) is 11.8 Å². The number of rotatable bonds is 2. The van der Waals surface area contributed by atoms with E-state index in [4.69, 9.17) is 10.9 Å². The second-order valence-electron chi connectivity index (χ2n) is 2.72. The fourth-order valence-electron chi connectivity index (χ4n) is 0.881. The molecule has 1 aromatic carbocycles. The summed E-state index contributed by atoms with van der Waals surface area (Å²) in [6, 6.07) is 7.22. The highest BCUT2D eigenvalue weighted by molar-refractivity contribution is 5.79. The summed E-state index contributed by atoms with van der Waals surface area (Å²) in [5.41, 5.74) is 8.85. The summed E-state index contributed by atoms with van der Waals surface area (Å²) in [6.45, 7) is 1.95. The summed E-state index contributed by atoms with van der Waals surface area (Å²) in [5.74, 6) is -0.175. The molecule has 0 spiro atoms. The Morgan fingerprint density at radius 2 is 2.07 bits per heavy atom. The number of guanidine groups is 1. The number of hydrazine groups is 1. The largest absolute Gasteiger partial charge is 0.365 e. The smallest absolute Gasteiger partial charge is 0.362 e. The van der Waals surface area contributed by atoms with Crippen LogP contribution in [0.15, 0.2) is 29.3 Å². The number of aliphatic imine (C=N–C) groups is 1. The van der Waals surface area contributed by atoms with E-state index in [1.54, 1.807) is 12.1 Å². The molecule has 74 valence electrons. The maximum Gasteiger partial charge on any atom is 0.362 e. The fourth-order valence-corrected chi connectivity index (χ4v) is 0.881. The summed E-state index contributed by atoms with van der Waals surface area (Å²) in [5, 5.41) is 7.74. The van der Waals surface area contributed by atoms with Crippen molar-refractivity contribution < 1.29 is 10.2 Å². The summed E-state index contributed by atoms with van der Waals surface area (Å²) >= 11 is 0. The summed E-state index contributed by atoms with van der Waals surface area (Å²) in [4.78, 5) is 13.9. The third-order valence-electron chi connectivity index (χ3n) is 1.49. The SMILES string of the molecule is Cc1ccc(N=C(N)N[N+](=O)O)cc1. The lowest BCUT2D eigenvalue weighted by atomic mass is 10.2. The third-order valence-corrected chi connectivity index (χ3v) is 1.49. The van der Waals surface area contributed by atoms with Crippen molar-refractivity contribution in [2.45, 2.75) is 6.92 Å². The van der Waals surface area contributed by atoms with Crippen molar-refractivity contribution in [1.29, 1.82) is 0 Å². The molecule has 0 atom stereocenters. The van der Waals surface area contributed by atoms with Gasteiger partial charge in [-0.3, -0.25) is 0 Å². The van der Waals surface area contributed by atoms with Gasteiger partial charge in [-0.15, -0.1) is 0 Å². The molecule has 0 aliphatic carbocycles. The van der Waals surface area contributed by atoms with E-state index in [1.165, 1.54) is 0 Å². The van der Waals surface area contributed by atoms with Crippen LogP contribution in [0.3, 0.4) is 0 Å². The predicted octanol–water partition coefficient (Wildman–Crippen LogP) is 0.614. The minimum absolute atomic E-state index is 0.175. The molecule has 6 nitrogen and oxygen atoms in total. The molecule has 0 aliphatic heterocycles. The number of nitrogens with two attached hydrogens (primary N) is 1. The van der Waals surface area contributed by atoms with Crippen LogP contribution in [0.2, 0.25) is 0 Å². The van der Waals surface area contributed by atoms with Gasteiger partial charge in [0.2, 0.25) is 0 Å². The van der Waals surface area contributed by atoms with Gasteiger partial charge in [0.15, 0.2) is 0 Å². The topological polar surface area (TPSA) is 90.7 Å². The molecule has 4 N–H and O–H groups in total. The minimum atomic E-state index is -0.507. The lowest BCUT2D eigenvalue weighted by Gasteiger charge is -1.95. The maximum absolute atomic E-state index is 10.1. The van der Waals surface area contributed by atoms with E-state index >= 15 is 0 Å². The average molecular weight is 195 g/mol. The first-order valence-corrected chi connectivity index (χ1v) is 3.91. The van der Waals surface area contributed by atoms with Gasteiger partial charge in [0, 0.05) is 0 Å². The van der Waals surface area contributed by atoms with Crippen molar-refractivity contribution in [2.24, 2.45) is 10.7 Å². The molecule has 0 saturated carbocycles. The number of nitrogens with zero attached hydrogens (tertiary/aromatic N) is 2. The van der Waals surface area contributed by atoms with Gasteiger partial charge in [-0.1, -0.05) is 17.7 Å². The first kappa shape index (κ1) is 9.97. The average Bonchev–Trinajstić information content (AvgIpc) is 2.07. The highest BCUT2D eigenvalue weighted by Gasteiger charge is 2.04. The summed E-state index contributed by atoms with van der Waals surface area (Å²) in [7, 11) is 0. The van der Waals surface area contributed by atoms with Crippen LogP contribution >= 0.6 is 0 Å². The zero-order valence-electron chi connectivity index (χ0n) is 7.64. The number of hydrogen-bond acceptors (Lipinski definition) is 2. The van der Waals surface area contributed by atoms with E-state index in [-0.39, 0.29) is 5.96 Å². The van der Waals surface area contributed by atoms with Crippen molar-refractivity contribution in [2.75, 3.05) is 0 Å². The Morgan fingerprint density at radius 3 is 2.57 bits per heavy atom. The van der Waals surface area contributed by atoms with Gasteiger partial charge < -0.3 is 5.73 Å². The zero-order chi connectivity index (χ0) is 10.6. The quantitative estimate of drug-likeness (QED) is 0.366. The van der Waals surface area contributed by atoms with E-state index in [0.29, 0.717) is 5.69 Å². The molecular formula is C8H11N4O2+. The Morgan fingerprint density at radius 1 is 1.50 bits per heavy atom. The molecular weight excluding hydrogens is 184 g/mol. The third kappa shape index (κ3) is 3.10. The number of aryl methyl sites for hydroxylation is 1. The zero-order valence-corrected chi connectivity index (χ0v) is 7.64. The van der Waals surface area contributed by atoms with Crippen LogP contribution in [0.5, 0.6) is 0 Å². The molecule has 0 amide bonds. The molecule has 0 radical (unpaired) electrons. The van der Waals surface area contributed by atoms with Crippen LogP contribution in [-0.2, 0) is 0 Å². The lowest BCUT2D eigenvalue weighted by molar-refractivity contribution is -0.822. The first-order chi connectivity index (χ1) is 6.58. The van der Waals surface area contributed by atoms with Crippen LogP contribution in [-0.4, -0.2) is 16.2 Å². The molecule has 14 heavy (non-hydrogen) atoms. The van der Waals surface area contributed by atoms with E-state index in [9.17, 15) is 4.91 Å². The van der Waals surface area contributed by atoms with Gasteiger partial charge >= 0.3 is 5.03 Å². The number of benzene rings is 1. The van der Waals surface area contributed by atoms with Crippen LogP contribution in [0.1, 0.15) is 5.56 Å². The minimum Gasteiger partial charge on any atom is -0.365 e. The Bertz CT molecular complexity index is 358. The molecule has 1 aromatic rings. The second-order valence-corrected chi connectivity index (χ2v) is 2.72. The summed E-state index contributed by atoms with van der Waals surface area (Å²) in [6.07, 6.45) is 0. The maximum atomic E-state index is 10.1. The van der Waals surface area contributed by atoms with Crippen molar-refractivity contribution >= 4 is 11.6 Å². The molecule has 0 fully saturated rings. The molecule has 0 heterocycles. The molecule has 0 aromatic heterocycles. The van der Waals surface area contributed by atoms with Crippen molar-refractivity contribution in [3.8, 4) is 0 Å². The van der Waals surface area contributed by atoms with Crippen molar-refractivity contribution in [3.05, 3.63) is 34.7 Å². The highest BCUT2D eigenvalue weighted by atomic mass is 16.7. The van der Waals surface area contributed by atoms with Crippen molar-refractivity contribution in [1.82, 2.24) is 5.43 Å². The van der Waals surface area contributed by atoms with E-state index in [2.05, 4.69) is 4.99 Å². The fraction of sp³-hybridized carbons (Fsp3) is 0.125. The van der Waals surface area contributed by atoms with Crippen LogP contribution < -0.4 is 11.2 Å². The van der Waals surface area contributed by atoms with E-state index in [1.807, 2.05) is 24.5 Å². The normalized spacial score (nSPS) is 11.1. The summed E-state index contributed by atoms with van der Waals surface area (Å²) < 4.78 is 0. The monoisotopic (exact) mass is 195 g/mol. The molecule has 0 bridgehead atoms. The van der Waals surface area contributed by atoms with Gasteiger partial charge in [0.25, 0.3) is 5.96 Å². The van der Waals surface area contributed by atoms with E-state index in [0.717, 1.165) is 5.56 Å². The highest BCUT2D eigenvalue weighted by Crippen LogP contribution is 2.11. The Labute approximate surface area is 80.6 Å². The number of nitrogens with one attached hydrogen (secondary N) is 1. The standard InChI is InChI=1S/C8H11N4O2/c1-6-2-4-7(5-3-6)10-8(9)11-12(13)14/h2-5H,1H3,(H,13,14)(H3,9,10,11)/q+1. The Balaban J connectivity index is 2.76. The molecule has 6 heteroatoms. The van der Waals surface area contributed by atoms with E-state index < -0.39 is 5.03 Å². The van der Waals surface area contributed by atoms with Gasteiger partial charge in [-0.25, -0.2) is 10.2 Å². The van der Waals surface area contributed by atoms with Gasteiger partial charge in [0.05, 0.1) is 5.69 Å². The molecule has 1 rings (SSSR count). The van der Waals surface area contributed by atoms with Crippen LogP contribution in [0.25, 0.3) is 0 Å². The molecule has 0 saturated heterocycles. The second kappa shape index (κ2) is 4.22. The Kier molecular flexibility index (Phi) is 3.01. The van der Waals surface area contributed by atoms with Gasteiger partial charge in [0.1, 0.15) is 4.91 Å². The van der Waals surface area contributed by atoms with Crippen molar-refractivity contribution in [3.63, 3.8) is 0 Å². The first-order valence-electron chi connectivity index (χ1n) is 3.91. The van der Waals surface area contributed by atoms with Gasteiger partial charge in [-0.2, -0.15) is 0 Å². The molecule has 0 unspecified atom stereocenters. The molecule has 0 aliphatic rings. The lowest BCUT2D eigenvalue weighted by Crippen LogP contribution is -2.36. The van der Waals surface area contributed by atoms with Crippen LogP contribution in [0.4, 0.5) is 5.69 Å².